The van der Waals surface area contributed by atoms with Gasteiger partial charge in [-0.05, 0) is 20.3 Å². The third-order valence-corrected chi connectivity index (χ3v) is 5.18. The van der Waals surface area contributed by atoms with Crippen molar-refractivity contribution >= 4 is 30.0 Å². The molecule has 0 aliphatic carbocycles. The van der Waals surface area contributed by atoms with Crippen molar-refractivity contribution in [3.8, 4) is 0 Å². The van der Waals surface area contributed by atoms with Gasteiger partial charge in [-0.2, -0.15) is 0 Å². The summed E-state index contributed by atoms with van der Waals surface area (Å²) in [5, 5.41) is 12.6. The van der Waals surface area contributed by atoms with Gasteiger partial charge in [-0.15, -0.1) is 11.8 Å². The van der Waals surface area contributed by atoms with Crippen LogP contribution in [0.4, 0.5) is 0 Å². The van der Waals surface area contributed by atoms with Crippen LogP contribution >= 0.6 is 11.8 Å². The quantitative estimate of drug-likeness (QED) is 0.297. The van der Waals surface area contributed by atoms with Crippen molar-refractivity contribution < 1.29 is 24.3 Å². The molecule has 23 heavy (non-hydrogen) atoms. The molecule has 1 aliphatic rings. The molecule has 0 unspecified atom stereocenters. The van der Waals surface area contributed by atoms with Gasteiger partial charge in [0, 0.05) is 10.5 Å². The first-order valence-electron chi connectivity index (χ1n) is 7.83. The number of unbranched alkanes of at least 4 members (excludes halogenated alkanes) is 1. The number of carbonyl (C=O) groups excluding carboxylic acids is 3. The standard InChI is InChI=1S/C15H26N2O5S/c1-4-5-6-11(9-17(21)10-18)13(19)16-12-14(20)22-7-8-23-15(12,2)3/h10-12,21H,4-9H2,1-3H3,(H,16,19)/t11-,12-/m1/s1. The number of hydroxylamine groups is 2. The summed E-state index contributed by atoms with van der Waals surface area (Å²) in [4.78, 5) is 35.2. The van der Waals surface area contributed by atoms with E-state index in [1.165, 1.54) is 0 Å². The Morgan fingerprint density at radius 1 is 1.61 bits per heavy atom. The van der Waals surface area contributed by atoms with Crippen LogP contribution in [-0.4, -0.2) is 58.3 Å². The van der Waals surface area contributed by atoms with Gasteiger partial charge in [0.1, 0.15) is 12.6 Å². The Labute approximate surface area is 141 Å². The molecule has 132 valence electrons. The second kappa shape index (κ2) is 9.12. The molecule has 0 aromatic heterocycles. The molecule has 1 heterocycles. The number of cyclic esters (lactones) is 1. The lowest BCUT2D eigenvalue weighted by Crippen LogP contribution is -2.54. The van der Waals surface area contributed by atoms with Gasteiger partial charge in [0.25, 0.3) is 0 Å². The van der Waals surface area contributed by atoms with Crippen molar-refractivity contribution in [3.63, 3.8) is 0 Å². The fraction of sp³-hybridized carbons (Fsp3) is 0.800. The van der Waals surface area contributed by atoms with E-state index in [9.17, 15) is 19.6 Å². The lowest BCUT2D eigenvalue weighted by atomic mass is 9.98. The van der Waals surface area contributed by atoms with Gasteiger partial charge in [0.2, 0.25) is 12.3 Å². The van der Waals surface area contributed by atoms with E-state index < -0.39 is 22.7 Å². The smallest absolute Gasteiger partial charge is 0.330 e. The summed E-state index contributed by atoms with van der Waals surface area (Å²) in [6.45, 7) is 6.01. The minimum atomic E-state index is -0.755. The average molecular weight is 346 g/mol. The molecule has 0 saturated carbocycles. The fourth-order valence-corrected chi connectivity index (χ4v) is 3.43. The van der Waals surface area contributed by atoms with Crippen LogP contribution in [-0.2, 0) is 19.1 Å². The minimum absolute atomic E-state index is 0.0926. The van der Waals surface area contributed by atoms with Gasteiger partial charge in [0.15, 0.2) is 0 Å². The number of thioether (sulfide) groups is 1. The van der Waals surface area contributed by atoms with Gasteiger partial charge in [-0.25, -0.2) is 9.86 Å². The minimum Gasteiger partial charge on any atom is -0.463 e. The van der Waals surface area contributed by atoms with Gasteiger partial charge in [-0.3, -0.25) is 14.8 Å². The summed E-state index contributed by atoms with van der Waals surface area (Å²) < 4.78 is 4.64. The second-order valence-corrected chi connectivity index (χ2v) is 7.88. The summed E-state index contributed by atoms with van der Waals surface area (Å²) in [7, 11) is 0. The summed E-state index contributed by atoms with van der Waals surface area (Å²) in [6.07, 6.45) is 2.48. The Bertz CT molecular complexity index is 430. The van der Waals surface area contributed by atoms with E-state index in [1.807, 2.05) is 20.8 Å². The first-order valence-corrected chi connectivity index (χ1v) is 8.82. The lowest BCUT2D eigenvalue weighted by Gasteiger charge is -2.31. The van der Waals surface area contributed by atoms with Crippen molar-refractivity contribution in [2.75, 3.05) is 18.9 Å². The van der Waals surface area contributed by atoms with Gasteiger partial charge < -0.3 is 10.1 Å². The maximum atomic E-state index is 12.5. The maximum Gasteiger partial charge on any atom is 0.330 e. The molecule has 0 bridgehead atoms. The summed E-state index contributed by atoms with van der Waals surface area (Å²) >= 11 is 1.57. The van der Waals surface area contributed by atoms with E-state index >= 15 is 0 Å². The number of amides is 2. The van der Waals surface area contributed by atoms with Crippen LogP contribution in [0.25, 0.3) is 0 Å². The van der Waals surface area contributed by atoms with Crippen molar-refractivity contribution in [2.24, 2.45) is 5.92 Å². The molecule has 0 radical (unpaired) electrons. The normalized spacial score (nSPS) is 21.7. The summed E-state index contributed by atoms with van der Waals surface area (Å²) in [5.74, 6) is -0.683. The van der Waals surface area contributed by atoms with Crippen molar-refractivity contribution in [3.05, 3.63) is 0 Å². The maximum absolute atomic E-state index is 12.5. The monoisotopic (exact) mass is 346 g/mol. The van der Waals surface area contributed by atoms with Gasteiger partial charge >= 0.3 is 5.97 Å². The van der Waals surface area contributed by atoms with Crippen LogP contribution in [0.15, 0.2) is 0 Å². The lowest BCUT2D eigenvalue weighted by molar-refractivity contribution is -0.156. The van der Waals surface area contributed by atoms with E-state index in [-0.39, 0.29) is 18.9 Å². The molecule has 0 spiro atoms. The highest BCUT2D eigenvalue weighted by Crippen LogP contribution is 2.31. The molecule has 2 N–H and O–H groups in total. The highest BCUT2D eigenvalue weighted by Gasteiger charge is 2.41. The zero-order valence-corrected chi connectivity index (χ0v) is 14.7. The number of hydrogen-bond donors (Lipinski definition) is 2. The van der Waals surface area contributed by atoms with E-state index in [1.54, 1.807) is 11.8 Å². The summed E-state index contributed by atoms with van der Waals surface area (Å²) in [5.41, 5.74) is 0. The zero-order valence-electron chi connectivity index (χ0n) is 13.9. The number of nitrogens with zero attached hydrogens (tertiary/aromatic N) is 1. The number of esters is 1. The molecule has 1 aliphatic heterocycles. The Balaban J connectivity index is 2.81. The predicted octanol–water partition coefficient (Wildman–Crippen LogP) is 1.19. The molecule has 1 rings (SSSR count). The largest absolute Gasteiger partial charge is 0.463 e. The Kier molecular flexibility index (Phi) is 7.84. The second-order valence-electron chi connectivity index (χ2n) is 6.13. The first kappa shape index (κ1) is 19.8. The first-order chi connectivity index (χ1) is 10.8. The zero-order chi connectivity index (χ0) is 17.5. The van der Waals surface area contributed by atoms with Gasteiger partial charge in [0.05, 0.1) is 12.5 Å². The fourth-order valence-electron chi connectivity index (χ4n) is 2.41. The van der Waals surface area contributed by atoms with Crippen LogP contribution in [0, 0.1) is 5.92 Å². The highest BCUT2D eigenvalue weighted by molar-refractivity contribution is 8.00. The van der Waals surface area contributed by atoms with Crippen LogP contribution in [0.5, 0.6) is 0 Å². The Hall–Kier alpha value is -1.28. The summed E-state index contributed by atoms with van der Waals surface area (Å²) in [6, 6.07) is -0.755. The predicted molar refractivity (Wildman–Crippen MR) is 87.0 cm³/mol. The van der Waals surface area contributed by atoms with E-state index in [4.69, 9.17) is 4.74 Å². The molecule has 1 saturated heterocycles. The molecule has 8 heteroatoms. The topological polar surface area (TPSA) is 95.9 Å². The molecule has 2 amide bonds. The highest BCUT2D eigenvalue weighted by atomic mass is 32.2. The number of nitrogens with one attached hydrogen (secondary N) is 1. The van der Waals surface area contributed by atoms with E-state index in [2.05, 4.69) is 5.32 Å². The molecular formula is C15H26N2O5S. The van der Waals surface area contributed by atoms with E-state index in [0.717, 1.165) is 12.8 Å². The van der Waals surface area contributed by atoms with Crippen molar-refractivity contribution in [1.29, 1.82) is 0 Å². The van der Waals surface area contributed by atoms with Crippen LogP contribution in [0.1, 0.15) is 40.0 Å². The number of carbonyl (C=O) groups is 3. The van der Waals surface area contributed by atoms with Crippen LogP contribution in [0.2, 0.25) is 0 Å². The average Bonchev–Trinajstić information content (AvgIpc) is 2.63. The third kappa shape index (κ3) is 6.02. The van der Waals surface area contributed by atoms with Gasteiger partial charge in [-0.1, -0.05) is 19.8 Å². The molecule has 7 nitrogen and oxygen atoms in total. The molecular weight excluding hydrogens is 320 g/mol. The van der Waals surface area contributed by atoms with Crippen LogP contribution < -0.4 is 5.32 Å². The Morgan fingerprint density at radius 3 is 2.91 bits per heavy atom. The molecule has 2 atom stereocenters. The number of hydrogen-bond acceptors (Lipinski definition) is 6. The third-order valence-electron chi connectivity index (χ3n) is 3.83. The molecule has 0 aromatic carbocycles. The molecule has 1 fully saturated rings. The van der Waals surface area contributed by atoms with Crippen LogP contribution in [0.3, 0.4) is 0 Å². The van der Waals surface area contributed by atoms with Crippen molar-refractivity contribution in [2.45, 2.75) is 50.8 Å². The van der Waals surface area contributed by atoms with Crippen molar-refractivity contribution in [1.82, 2.24) is 10.4 Å². The SMILES string of the molecule is CCCC[C@H](CN(O)C=O)C(=O)N[C@@H]1C(=O)OCCSC1(C)C. The Morgan fingerprint density at radius 2 is 2.30 bits per heavy atom. The number of ether oxygens (including phenoxy) is 1. The number of rotatable bonds is 8. The van der Waals surface area contributed by atoms with E-state index in [0.29, 0.717) is 23.8 Å². The molecule has 0 aromatic rings.